The Hall–Kier alpha value is -3.32. The van der Waals surface area contributed by atoms with Crippen LogP contribution in [-0.2, 0) is 21.7 Å². The summed E-state index contributed by atoms with van der Waals surface area (Å²) in [5.74, 6) is 0.989. The number of carbonyl (C=O) groups is 1. The van der Waals surface area contributed by atoms with Gasteiger partial charge in [0.1, 0.15) is 12.6 Å². The van der Waals surface area contributed by atoms with Crippen molar-refractivity contribution in [1.82, 2.24) is 14.8 Å². The first kappa shape index (κ1) is 21.9. The molecule has 2 aromatic carbocycles. The Kier molecular flexibility index (Phi) is 6.75. The van der Waals surface area contributed by atoms with Gasteiger partial charge in [0.15, 0.2) is 0 Å². The van der Waals surface area contributed by atoms with Crippen molar-refractivity contribution in [3.63, 3.8) is 0 Å². The Morgan fingerprint density at radius 2 is 1.94 bits per heavy atom. The van der Waals surface area contributed by atoms with E-state index in [4.69, 9.17) is 9.84 Å². The highest BCUT2D eigenvalue weighted by molar-refractivity contribution is 7.98. The molecule has 3 aromatic rings. The highest BCUT2D eigenvalue weighted by Crippen LogP contribution is 2.37. The molecule has 1 N–H and O–H groups in total. The fraction of sp³-hybridized carbons (Fsp3) is 0.240. The van der Waals surface area contributed by atoms with Crippen molar-refractivity contribution in [2.24, 2.45) is 0 Å². The smallest absolute Gasteiger partial charge is 0.338 e. The van der Waals surface area contributed by atoms with Crippen molar-refractivity contribution < 1.29 is 9.53 Å². The van der Waals surface area contributed by atoms with E-state index < -0.39 is 6.04 Å². The number of ether oxygens (including phenoxy) is 1. The average Bonchev–Trinajstić information content (AvgIpc) is 3.23. The van der Waals surface area contributed by atoms with Crippen molar-refractivity contribution in [3.8, 4) is 0 Å². The number of anilines is 1. The molecule has 1 aliphatic heterocycles. The monoisotopic (exact) mass is 446 g/mol. The summed E-state index contributed by atoms with van der Waals surface area (Å²) in [6.45, 7) is 7.78. The molecule has 1 aliphatic rings. The molecule has 7 heteroatoms. The Labute approximate surface area is 192 Å². The van der Waals surface area contributed by atoms with Crippen LogP contribution >= 0.6 is 11.8 Å². The molecule has 6 nitrogen and oxygen atoms in total. The highest BCUT2D eigenvalue weighted by Gasteiger charge is 2.35. The van der Waals surface area contributed by atoms with Crippen LogP contribution in [0.4, 0.5) is 5.95 Å². The lowest BCUT2D eigenvalue weighted by molar-refractivity contribution is -0.138. The lowest BCUT2D eigenvalue weighted by atomic mass is 9.95. The molecule has 0 fully saturated rings. The first-order valence-corrected chi connectivity index (χ1v) is 11.6. The lowest BCUT2D eigenvalue weighted by Crippen LogP contribution is -2.29. The number of thioether (sulfide) groups is 1. The molecular formula is C25H26N4O2S. The van der Waals surface area contributed by atoms with Gasteiger partial charge < -0.3 is 10.1 Å². The fourth-order valence-corrected chi connectivity index (χ4v) is 4.42. The summed E-state index contributed by atoms with van der Waals surface area (Å²) in [6, 6.07) is 18.0. The van der Waals surface area contributed by atoms with Gasteiger partial charge >= 0.3 is 5.97 Å². The number of aromatic nitrogens is 3. The number of rotatable bonds is 8. The second-order valence-corrected chi connectivity index (χ2v) is 8.43. The van der Waals surface area contributed by atoms with Crippen molar-refractivity contribution in [2.45, 2.75) is 37.2 Å². The van der Waals surface area contributed by atoms with Gasteiger partial charge in [-0.2, -0.15) is 4.98 Å². The molecule has 4 rings (SSSR count). The second-order valence-electron chi connectivity index (χ2n) is 7.49. The number of esters is 1. The SMILES string of the molecule is C=CCOC(=O)C1=C(C)Nc2nc(SCc3ccccc3)nn2C1c1ccc(CC)cc1. The number of hydrogen-bond acceptors (Lipinski definition) is 6. The summed E-state index contributed by atoms with van der Waals surface area (Å²) in [5.41, 5.74) is 4.63. The van der Waals surface area contributed by atoms with Crippen LogP contribution in [-0.4, -0.2) is 27.3 Å². The maximum absolute atomic E-state index is 13.0. The van der Waals surface area contributed by atoms with Crippen molar-refractivity contribution in [2.75, 3.05) is 11.9 Å². The van der Waals surface area contributed by atoms with Gasteiger partial charge in [0, 0.05) is 11.4 Å². The third-order valence-electron chi connectivity index (χ3n) is 5.30. The second kappa shape index (κ2) is 9.87. The van der Waals surface area contributed by atoms with Crippen LogP contribution in [0.25, 0.3) is 0 Å². The molecule has 2 heterocycles. The molecule has 0 saturated carbocycles. The molecule has 0 saturated heterocycles. The zero-order valence-corrected chi connectivity index (χ0v) is 19.1. The van der Waals surface area contributed by atoms with E-state index in [1.54, 1.807) is 22.5 Å². The maximum Gasteiger partial charge on any atom is 0.338 e. The fourth-order valence-electron chi connectivity index (χ4n) is 3.64. The van der Waals surface area contributed by atoms with E-state index in [-0.39, 0.29) is 12.6 Å². The van der Waals surface area contributed by atoms with Crippen LogP contribution in [0.1, 0.15) is 36.6 Å². The van der Waals surface area contributed by atoms with Crippen LogP contribution in [0.2, 0.25) is 0 Å². The number of aryl methyl sites for hydroxylation is 1. The third-order valence-corrected chi connectivity index (χ3v) is 6.21. The Morgan fingerprint density at radius 1 is 1.19 bits per heavy atom. The summed E-state index contributed by atoms with van der Waals surface area (Å²) in [6.07, 6.45) is 2.51. The van der Waals surface area contributed by atoms with Gasteiger partial charge in [-0.05, 0) is 30.0 Å². The minimum atomic E-state index is -0.423. The van der Waals surface area contributed by atoms with E-state index in [1.165, 1.54) is 11.1 Å². The first-order valence-electron chi connectivity index (χ1n) is 10.6. The molecule has 32 heavy (non-hydrogen) atoms. The van der Waals surface area contributed by atoms with E-state index >= 15 is 0 Å². The van der Waals surface area contributed by atoms with Crippen molar-refractivity contribution in [3.05, 3.63) is 95.2 Å². The minimum Gasteiger partial charge on any atom is -0.458 e. The largest absolute Gasteiger partial charge is 0.458 e. The molecule has 1 unspecified atom stereocenters. The van der Waals surface area contributed by atoms with Gasteiger partial charge in [0.05, 0.1) is 5.57 Å². The van der Waals surface area contributed by atoms with Gasteiger partial charge in [0.25, 0.3) is 0 Å². The number of nitrogens with one attached hydrogen (secondary N) is 1. The molecule has 0 radical (unpaired) electrons. The molecular weight excluding hydrogens is 420 g/mol. The predicted octanol–water partition coefficient (Wildman–Crippen LogP) is 5.15. The van der Waals surface area contributed by atoms with E-state index in [0.29, 0.717) is 22.4 Å². The molecule has 0 aliphatic carbocycles. The molecule has 0 spiro atoms. The Bertz CT molecular complexity index is 1140. The van der Waals surface area contributed by atoms with Gasteiger partial charge in [-0.25, -0.2) is 9.48 Å². The van der Waals surface area contributed by atoms with E-state index in [0.717, 1.165) is 17.7 Å². The quantitative estimate of drug-likeness (QED) is 0.293. The number of fused-ring (bicyclic) bond motifs is 1. The zero-order valence-electron chi connectivity index (χ0n) is 18.2. The number of hydrogen-bond donors (Lipinski definition) is 1. The summed E-state index contributed by atoms with van der Waals surface area (Å²) in [5, 5.41) is 8.65. The zero-order chi connectivity index (χ0) is 22.5. The van der Waals surface area contributed by atoms with Gasteiger partial charge in [-0.3, -0.25) is 0 Å². The summed E-state index contributed by atoms with van der Waals surface area (Å²) in [7, 11) is 0. The minimum absolute atomic E-state index is 0.152. The van der Waals surface area contributed by atoms with Gasteiger partial charge in [-0.15, -0.1) is 5.10 Å². The Morgan fingerprint density at radius 3 is 2.62 bits per heavy atom. The number of benzene rings is 2. The van der Waals surface area contributed by atoms with Crippen LogP contribution in [0, 0.1) is 0 Å². The van der Waals surface area contributed by atoms with Crippen LogP contribution in [0.3, 0.4) is 0 Å². The number of carbonyl (C=O) groups excluding carboxylic acids is 1. The van der Waals surface area contributed by atoms with E-state index in [2.05, 4.69) is 48.1 Å². The van der Waals surface area contributed by atoms with E-state index in [9.17, 15) is 4.79 Å². The van der Waals surface area contributed by atoms with Crippen molar-refractivity contribution in [1.29, 1.82) is 0 Å². The van der Waals surface area contributed by atoms with E-state index in [1.807, 2.05) is 37.3 Å². The normalized spacial score (nSPS) is 15.1. The predicted molar refractivity (Wildman–Crippen MR) is 127 cm³/mol. The molecule has 0 amide bonds. The number of allylic oxidation sites excluding steroid dienone is 1. The average molecular weight is 447 g/mol. The summed E-state index contributed by atoms with van der Waals surface area (Å²) in [4.78, 5) is 17.6. The van der Waals surface area contributed by atoms with Crippen LogP contribution in [0.5, 0.6) is 0 Å². The third kappa shape index (κ3) is 4.62. The molecule has 1 atom stereocenters. The van der Waals surface area contributed by atoms with Crippen LogP contribution in [0.15, 0.2) is 83.7 Å². The number of nitrogens with zero attached hydrogens (tertiary/aromatic N) is 3. The first-order chi connectivity index (χ1) is 15.6. The highest BCUT2D eigenvalue weighted by atomic mass is 32.2. The standard InChI is InChI=1S/C25H26N4O2S/c1-4-15-31-23(30)21-17(3)26-24-27-25(32-16-19-9-7-6-8-10-19)28-29(24)22(21)20-13-11-18(5-2)12-14-20/h4,6-14,22H,1,5,15-16H2,2-3H3,(H,26,27,28). The summed E-state index contributed by atoms with van der Waals surface area (Å²) < 4.78 is 7.19. The topological polar surface area (TPSA) is 69.0 Å². The van der Waals surface area contributed by atoms with Crippen LogP contribution < -0.4 is 5.32 Å². The molecule has 164 valence electrons. The Balaban J connectivity index is 1.69. The molecule has 1 aromatic heterocycles. The van der Waals surface area contributed by atoms with Gasteiger partial charge in [-0.1, -0.05) is 85.9 Å². The van der Waals surface area contributed by atoms with Gasteiger partial charge in [0.2, 0.25) is 11.1 Å². The lowest BCUT2D eigenvalue weighted by Gasteiger charge is -2.28. The summed E-state index contributed by atoms with van der Waals surface area (Å²) >= 11 is 1.56. The maximum atomic E-state index is 13.0. The van der Waals surface area contributed by atoms with Crippen molar-refractivity contribution >= 4 is 23.7 Å². The molecule has 0 bridgehead atoms.